The van der Waals surface area contributed by atoms with Gasteiger partial charge in [0.15, 0.2) is 5.82 Å². The van der Waals surface area contributed by atoms with Crippen molar-refractivity contribution in [3.05, 3.63) is 59.8 Å². The molecule has 2 heterocycles. The molecule has 0 aliphatic carbocycles. The van der Waals surface area contributed by atoms with E-state index in [-0.39, 0.29) is 16.6 Å². The number of pyridine rings is 1. The van der Waals surface area contributed by atoms with Crippen molar-refractivity contribution in [1.82, 2.24) is 15.3 Å². The van der Waals surface area contributed by atoms with Crippen LogP contribution in [0.3, 0.4) is 0 Å². The molecule has 1 atom stereocenters. The number of nitrogens with one attached hydrogen (secondary N) is 3. The Morgan fingerprint density at radius 3 is 2.43 bits per heavy atom. The lowest BCUT2D eigenvalue weighted by atomic mass is 10.1. The number of amides is 2. The van der Waals surface area contributed by atoms with E-state index in [4.69, 9.17) is 0 Å². The first-order chi connectivity index (χ1) is 13.2. The van der Waals surface area contributed by atoms with Crippen molar-refractivity contribution in [3.8, 4) is 0 Å². The smallest absolute Gasteiger partial charge is 0.357 e. The van der Waals surface area contributed by atoms with Crippen LogP contribution in [0.2, 0.25) is 0 Å². The number of hydrogen-bond acceptors (Lipinski definition) is 3. The Bertz CT molecular complexity index is 1030. The molecule has 0 unspecified atom stereocenters. The SMILES string of the molecule is C[C@@H](NC(=O)C(=O)Nc1c[nH]c2c(F)cncc12)c1ccc(C(F)(F)F)cc1. The Balaban J connectivity index is 1.66. The summed E-state index contributed by atoms with van der Waals surface area (Å²) in [5.41, 5.74) is -0.117. The summed E-state index contributed by atoms with van der Waals surface area (Å²) in [5, 5.41) is 5.02. The zero-order valence-corrected chi connectivity index (χ0v) is 14.4. The average molecular weight is 394 g/mol. The molecule has 0 radical (unpaired) electrons. The van der Waals surface area contributed by atoms with E-state index in [9.17, 15) is 27.2 Å². The number of H-pyrrole nitrogens is 1. The lowest BCUT2D eigenvalue weighted by Crippen LogP contribution is -2.36. The van der Waals surface area contributed by atoms with Gasteiger partial charge in [-0.15, -0.1) is 0 Å². The summed E-state index contributed by atoms with van der Waals surface area (Å²) in [7, 11) is 0. The molecule has 0 aliphatic heterocycles. The summed E-state index contributed by atoms with van der Waals surface area (Å²) in [5.74, 6) is -2.62. The second kappa shape index (κ2) is 7.29. The number of benzene rings is 1. The van der Waals surface area contributed by atoms with Gasteiger partial charge in [-0.1, -0.05) is 12.1 Å². The van der Waals surface area contributed by atoms with Crippen molar-refractivity contribution < 1.29 is 27.2 Å². The van der Waals surface area contributed by atoms with E-state index in [1.54, 1.807) is 0 Å². The van der Waals surface area contributed by atoms with Crippen LogP contribution in [0.5, 0.6) is 0 Å². The second-order valence-corrected chi connectivity index (χ2v) is 6.02. The molecule has 6 nitrogen and oxygen atoms in total. The molecule has 0 fully saturated rings. The lowest BCUT2D eigenvalue weighted by Gasteiger charge is -2.15. The third kappa shape index (κ3) is 3.95. The minimum absolute atomic E-state index is 0.129. The minimum atomic E-state index is -4.46. The predicted octanol–water partition coefficient (Wildman–Crippen LogP) is 3.54. The Kier molecular flexibility index (Phi) is 5.04. The molecule has 3 rings (SSSR count). The van der Waals surface area contributed by atoms with Gasteiger partial charge in [-0.2, -0.15) is 13.2 Å². The van der Waals surface area contributed by atoms with Crippen LogP contribution in [0.1, 0.15) is 24.1 Å². The Labute approximate surface area is 156 Å². The molecular formula is C18H14F4N4O2. The molecule has 0 saturated carbocycles. The van der Waals surface area contributed by atoms with Gasteiger partial charge in [0, 0.05) is 17.8 Å². The van der Waals surface area contributed by atoms with Crippen molar-refractivity contribution in [2.75, 3.05) is 5.32 Å². The largest absolute Gasteiger partial charge is 0.416 e. The van der Waals surface area contributed by atoms with Crippen LogP contribution >= 0.6 is 0 Å². The van der Waals surface area contributed by atoms with Crippen LogP contribution in [0, 0.1) is 5.82 Å². The van der Waals surface area contributed by atoms with Crippen molar-refractivity contribution in [2.24, 2.45) is 0 Å². The van der Waals surface area contributed by atoms with E-state index in [1.807, 2.05) is 0 Å². The molecule has 0 saturated heterocycles. The molecule has 10 heteroatoms. The molecule has 0 bridgehead atoms. The predicted molar refractivity (Wildman–Crippen MR) is 92.7 cm³/mol. The highest BCUT2D eigenvalue weighted by Crippen LogP contribution is 2.30. The van der Waals surface area contributed by atoms with E-state index in [0.717, 1.165) is 18.3 Å². The Hall–Kier alpha value is -3.43. The number of carbonyl (C=O) groups is 2. The third-order valence-corrected chi connectivity index (χ3v) is 4.09. The fourth-order valence-electron chi connectivity index (χ4n) is 2.60. The highest BCUT2D eigenvalue weighted by molar-refractivity contribution is 6.40. The maximum atomic E-state index is 13.6. The molecule has 28 heavy (non-hydrogen) atoms. The normalized spacial score (nSPS) is 12.6. The minimum Gasteiger partial charge on any atom is -0.357 e. The average Bonchev–Trinajstić information content (AvgIpc) is 3.05. The first-order valence-electron chi connectivity index (χ1n) is 8.06. The van der Waals surface area contributed by atoms with Crippen LogP contribution in [-0.2, 0) is 15.8 Å². The van der Waals surface area contributed by atoms with Crippen molar-refractivity contribution >= 4 is 28.4 Å². The lowest BCUT2D eigenvalue weighted by molar-refractivity contribution is -0.137. The van der Waals surface area contributed by atoms with Crippen LogP contribution in [0.4, 0.5) is 23.2 Å². The van der Waals surface area contributed by atoms with Crippen LogP contribution in [0.25, 0.3) is 10.9 Å². The topological polar surface area (TPSA) is 86.9 Å². The standard InChI is InChI=1S/C18H14F4N4O2/c1-9(10-2-4-11(5-3-10)18(20,21)22)25-16(27)17(28)26-14-8-24-15-12(14)6-23-7-13(15)19/h2-9,24H,1H3,(H,25,27)(H,26,28)/t9-/m1/s1. The van der Waals surface area contributed by atoms with Gasteiger partial charge in [0.1, 0.15) is 0 Å². The number of hydrogen-bond donors (Lipinski definition) is 3. The van der Waals surface area contributed by atoms with E-state index in [0.29, 0.717) is 5.56 Å². The molecular weight excluding hydrogens is 380 g/mol. The van der Waals surface area contributed by atoms with E-state index in [2.05, 4.69) is 20.6 Å². The number of aromatic nitrogens is 2. The molecule has 0 aliphatic rings. The summed E-state index contributed by atoms with van der Waals surface area (Å²) in [6.45, 7) is 1.53. The maximum Gasteiger partial charge on any atom is 0.416 e. The number of carbonyl (C=O) groups excluding carboxylic acids is 2. The van der Waals surface area contributed by atoms with Gasteiger partial charge in [0.2, 0.25) is 0 Å². The Morgan fingerprint density at radius 2 is 1.79 bits per heavy atom. The maximum absolute atomic E-state index is 13.6. The van der Waals surface area contributed by atoms with E-state index in [1.165, 1.54) is 31.5 Å². The number of fused-ring (bicyclic) bond motifs is 1. The van der Waals surface area contributed by atoms with Crippen LogP contribution < -0.4 is 10.6 Å². The van der Waals surface area contributed by atoms with Crippen molar-refractivity contribution in [1.29, 1.82) is 0 Å². The van der Waals surface area contributed by atoms with E-state index < -0.39 is 35.4 Å². The van der Waals surface area contributed by atoms with E-state index >= 15 is 0 Å². The third-order valence-electron chi connectivity index (χ3n) is 4.09. The number of alkyl halides is 3. The summed E-state index contributed by atoms with van der Waals surface area (Å²) < 4.78 is 51.4. The zero-order chi connectivity index (χ0) is 20.5. The van der Waals surface area contributed by atoms with Gasteiger partial charge in [-0.05, 0) is 24.6 Å². The molecule has 3 aromatic rings. The molecule has 0 spiro atoms. The summed E-state index contributed by atoms with van der Waals surface area (Å²) in [6.07, 6.45) is -0.811. The molecule has 2 amide bonds. The second-order valence-electron chi connectivity index (χ2n) is 6.02. The van der Waals surface area contributed by atoms with Crippen molar-refractivity contribution in [3.63, 3.8) is 0 Å². The summed E-state index contributed by atoms with van der Waals surface area (Å²) in [6, 6.07) is 3.53. The molecule has 146 valence electrons. The first-order valence-corrected chi connectivity index (χ1v) is 8.06. The first kappa shape index (κ1) is 19.3. The zero-order valence-electron chi connectivity index (χ0n) is 14.4. The number of nitrogens with zero attached hydrogens (tertiary/aromatic N) is 1. The van der Waals surface area contributed by atoms with Gasteiger partial charge in [-0.25, -0.2) is 4.39 Å². The fourth-order valence-corrected chi connectivity index (χ4v) is 2.60. The molecule has 1 aromatic carbocycles. The highest BCUT2D eigenvalue weighted by Gasteiger charge is 2.30. The van der Waals surface area contributed by atoms with Gasteiger partial charge in [-0.3, -0.25) is 14.6 Å². The number of aromatic amines is 1. The van der Waals surface area contributed by atoms with Gasteiger partial charge >= 0.3 is 18.0 Å². The van der Waals surface area contributed by atoms with Gasteiger partial charge in [0.05, 0.1) is 29.0 Å². The molecule has 3 N–H and O–H groups in total. The number of rotatable bonds is 3. The highest BCUT2D eigenvalue weighted by atomic mass is 19.4. The van der Waals surface area contributed by atoms with Crippen LogP contribution in [0.15, 0.2) is 42.9 Å². The number of anilines is 1. The van der Waals surface area contributed by atoms with Crippen LogP contribution in [-0.4, -0.2) is 21.8 Å². The Morgan fingerprint density at radius 1 is 1.11 bits per heavy atom. The number of halogens is 4. The van der Waals surface area contributed by atoms with Crippen molar-refractivity contribution in [2.45, 2.75) is 19.1 Å². The molecule has 2 aromatic heterocycles. The van der Waals surface area contributed by atoms with Gasteiger partial charge in [0.25, 0.3) is 0 Å². The monoisotopic (exact) mass is 394 g/mol. The fraction of sp³-hybridized carbons (Fsp3) is 0.167. The quantitative estimate of drug-likeness (QED) is 0.469. The summed E-state index contributed by atoms with van der Waals surface area (Å²) >= 11 is 0. The van der Waals surface area contributed by atoms with Gasteiger partial charge < -0.3 is 15.6 Å². The summed E-state index contributed by atoms with van der Waals surface area (Å²) in [4.78, 5) is 30.5.